The quantitative estimate of drug-likeness (QED) is 0.732. The lowest BCUT2D eigenvalue weighted by atomic mass is 10.2. The van der Waals surface area contributed by atoms with Gasteiger partial charge in [0.05, 0.1) is 0 Å². The molecule has 0 aliphatic carbocycles. The molecule has 0 saturated carbocycles. The molecule has 1 aliphatic rings. The Morgan fingerprint density at radius 2 is 2.20 bits per heavy atom. The zero-order valence-corrected chi connectivity index (χ0v) is 8.10. The monoisotopic (exact) mass is 224 g/mol. The van der Waals surface area contributed by atoms with Gasteiger partial charge in [-0.05, 0) is 6.42 Å². The first kappa shape index (κ1) is 11.8. The van der Waals surface area contributed by atoms with Gasteiger partial charge in [-0.3, -0.25) is 9.59 Å². The van der Waals surface area contributed by atoms with Crippen molar-refractivity contribution in [2.24, 2.45) is 0 Å². The lowest BCUT2D eigenvalue weighted by Gasteiger charge is -2.18. The summed E-state index contributed by atoms with van der Waals surface area (Å²) in [4.78, 5) is 22.7. The Morgan fingerprint density at radius 1 is 1.60 bits per heavy atom. The van der Waals surface area contributed by atoms with E-state index in [2.05, 4.69) is 5.32 Å². The lowest BCUT2D eigenvalue weighted by molar-refractivity contribution is -0.158. The van der Waals surface area contributed by atoms with E-state index >= 15 is 0 Å². The van der Waals surface area contributed by atoms with Gasteiger partial charge in [0.1, 0.15) is 12.6 Å². The Morgan fingerprint density at radius 3 is 2.67 bits per heavy atom. The van der Waals surface area contributed by atoms with Gasteiger partial charge >= 0.3 is 6.18 Å². The van der Waals surface area contributed by atoms with Crippen molar-refractivity contribution in [3.8, 4) is 0 Å². The Balaban J connectivity index is 2.53. The third kappa shape index (κ3) is 3.41. The number of hydrogen-bond acceptors (Lipinski definition) is 2. The zero-order valence-electron chi connectivity index (χ0n) is 8.10. The third-order valence-electron chi connectivity index (χ3n) is 2.05. The minimum Gasteiger partial charge on any atom is -0.344 e. The Kier molecular flexibility index (Phi) is 3.21. The first-order valence-corrected chi connectivity index (χ1v) is 4.42. The molecule has 1 heterocycles. The summed E-state index contributed by atoms with van der Waals surface area (Å²) in [6, 6.07) is -0.801. The molecule has 86 valence electrons. The molecule has 0 aromatic carbocycles. The van der Waals surface area contributed by atoms with E-state index < -0.39 is 30.6 Å². The van der Waals surface area contributed by atoms with Gasteiger partial charge in [-0.25, -0.2) is 0 Å². The zero-order chi connectivity index (χ0) is 11.6. The van der Waals surface area contributed by atoms with Crippen molar-refractivity contribution in [1.29, 1.82) is 0 Å². The average Bonchev–Trinajstić information content (AvgIpc) is 2.32. The molecule has 1 saturated heterocycles. The molecule has 1 N–H and O–H groups in total. The molecule has 2 amide bonds. The molecule has 0 unspecified atom stereocenters. The molecule has 0 aromatic heterocycles. The van der Waals surface area contributed by atoms with Crippen LogP contribution in [0.1, 0.15) is 13.3 Å². The van der Waals surface area contributed by atoms with Gasteiger partial charge in [0.25, 0.3) is 0 Å². The van der Waals surface area contributed by atoms with Gasteiger partial charge < -0.3 is 10.2 Å². The van der Waals surface area contributed by atoms with E-state index in [0.717, 1.165) is 0 Å². The van der Waals surface area contributed by atoms with Gasteiger partial charge in [0.15, 0.2) is 0 Å². The van der Waals surface area contributed by atoms with E-state index in [1.54, 1.807) is 0 Å². The summed E-state index contributed by atoms with van der Waals surface area (Å²) in [6.45, 7) is 0.00487. The topological polar surface area (TPSA) is 49.4 Å². The molecule has 1 aliphatic heterocycles. The molecular formula is C8H11F3N2O2. The van der Waals surface area contributed by atoms with Crippen LogP contribution in [0.15, 0.2) is 0 Å². The van der Waals surface area contributed by atoms with Crippen LogP contribution in [0.25, 0.3) is 0 Å². The van der Waals surface area contributed by atoms with Crippen molar-refractivity contribution in [1.82, 2.24) is 10.2 Å². The summed E-state index contributed by atoms with van der Waals surface area (Å²) in [7, 11) is 0. The molecular weight excluding hydrogens is 213 g/mol. The van der Waals surface area contributed by atoms with Crippen LogP contribution in [-0.4, -0.2) is 42.0 Å². The smallest absolute Gasteiger partial charge is 0.344 e. The van der Waals surface area contributed by atoms with Crippen molar-refractivity contribution in [3.63, 3.8) is 0 Å². The van der Waals surface area contributed by atoms with Gasteiger partial charge in [-0.2, -0.15) is 13.2 Å². The average molecular weight is 224 g/mol. The maximum Gasteiger partial charge on any atom is 0.406 e. The van der Waals surface area contributed by atoms with Crippen LogP contribution < -0.4 is 5.32 Å². The van der Waals surface area contributed by atoms with Gasteiger partial charge in [0.2, 0.25) is 11.8 Å². The molecule has 1 rings (SSSR count). The summed E-state index contributed by atoms with van der Waals surface area (Å²) < 4.78 is 36.0. The standard InChI is InChI=1S/C8H11F3N2O2/c1-5(14)12-6-2-3-13(7(6)15)4-8(9,10)11/h6H,2-4H2,1H3,(H,12,14)/t6-/m1/s1. The van der Waals surface area contributed by atoms with Gasteiger partial charge in [-0.15, -0.1) is 0 Å². The normalized spacial score (nSPS) is 22.0. The van der Waals surface area contributed by atoms with Crippen LogP contribution in [-0.2, 0) is 9.59 Å². The summed E-state index contributed by atoms with van der Waals surface area (Å²) in [5.41, 5.74) is 0. The highest BCUT2D eigenvalue weighted by Crippen LogP contribution is 2.20. The number of halogens is 3. The third-order valence-corrected chi connectivity index (χ3v) is 2.05. The summed E-state index contributed by atoms with van der Waals surface area (Å²) in [5, 5.41) is 2.31. The predicted octanol–water partition coefficient (Wildman–Crippen LogP) is 0.286. The van der Waals surface area contributed by atoms with Crippen molar-refractivity contribution in [2.75, 3.05) is 13.1 Å². The SMILES string of the molecule is CC(=O)N[C@@H]1CCN(CC(F)(F)F)C1=O. The molecule has 1 fully saturated rings. The van der Waals surface area contributed by atoms with Crippen molar-refractivity contribution in [3.05, 3.63) is 0 Å². The number of alkyl halides is 3. The van der Waals surface area contributed by atoms with E-state index in [9.17, 15) is 22.8 Å². The number of carbonyl (C=O) groups excluding carboxylic acids is 2. The number of nitrogens with one attached hydrogen (secondary N) is 1. The molecule has 0 radical (unpaired) electrons. The van der Waals surface area contributed by atoms with Crippen LogP contribution >= 0.6 is 0 Å². The van der Waals surface area contributed by atoms with E-state index in [1.807, 2.05) is 0 Å². The fraction of sp³-hybridized carbons (Fsp3) is 0.750. The predicted molar refractivity (Wildman–Crippen MR) is 44.9 cm³/mol. The second-order valence-electron chi connectivity index (χ2n) is 3.42. The van der Waals surface area contributed by atoms with Crippen LogP contribution in [0.5, 0.6) is 0 Å². The molecule has 1 atom stereocenters. The Labute approximate surface area is 84.4 Å². The van der Waals surface area contributed by atoms with Crippen molar-refractivity contribution in [2.45, 2.75) is 25.6 Å². The molecule has 0 aromatic rings. The summed E-state index contributed by atoms with van der Waals surface area (Å²) in [6.07, 6.45) is -4.16. The maximum atomic E-state index is 12.0. The highest BCUT2D eigenvalue weighted by atomic mass is 19.4. The second kappa shape index (κ2) is 4.08. The van der Waals surface area contributed by atoms with Crippen molar-refractivity contribution >= 4 is 11.8 Å². The van der Waals surface area contributed by atoms with Crippen LogP contribution in [0.4, 0.5) is 13.2 Å². The maximum absolute atomic E-state index is 12.0. The Bertz CT molecular complexity index is 278. The van der Waals surface area contributed by atoms with E-state index in [4.69, 9.17) is 0 Å². The van der Waals surface area contributed by atoms with Gasteiger partial charge in [0, 0.05) is 13.5 Å². The lowest BCUT2D eigenvalue weighted by Crippen LogP contribution is -2.43. The fourth-order valence-corrected chi connectivity index (χ4v) is 1.49. The van der Waals surface area contributed by atoms with E-state index in [0.29, 0.717) is 4.90 Å². The van der Waals surface area contributed by atoms with Crippen LogP contribution in [0.3, 0.4) is 0 Å². The highest BCUT2D eigenvalue weighted by molar-refractivity contribution is 5.88. The molecule has 0 bridgehead atoms. The van der Waals surface area contributed by atoms with Crippen molar-refractivity contribution < 1.29 is 22.8 Å². The minimum atomic E-state index is -4.39. The first-order chi connectivity index (χ1) is 6.79. The minimum absolute atomic E-state index is 0.0310. The van der Waals surface area contributed by atoms with Crippen LogP contribution in [0, 0.1) is 0 Å². The van der Waals surface area contributed by atoms with E-state index in [1.165, 1.54) is 6.92 Å². The number of carbonyl (C=O) groups is 2. The first-order valence-electron chi connectivity index (χ1n) is 4.42. The highest BCUT2D eigenvalue weighted by Gasteiger charge is 2.39. The molecule has 0 spiro atoms. The number of amides is 2. The number of nitrogens with zero attached hydrogens (tertiary/aromatic N) is 1. The fourth-order valence-electron chi connectivity index (χ4n) is 1.49. The largest absolute Gasteiger partial charge is 0.406 e. The molecule has 4 nitrogen and oxygen atoms in total. The molecule has 15 heavy (non-hydrogen) atoms. The summed E-state index contributed by atoms with van der Waals surface area (Å²) in [5.74, 6) is -1.08. The second-order valence-corrected chi connectivity index (χ2v) is 3.42. The Hall–Kier alpha value is -1.27. The van der Waals surface area contributed by atoms with E-state index in [-0.39, 0.29) is 13.0 Å². The summed E-state index contributed by atoms with van der Waals surface area (Å²) >= 11 is 0. The van der Waals surface area contributed by atoms with Gasteiger partial charge in [-0.1, -0.05) is 0 Å². The number of hydrogen-bond donors (Lipinski definition) is 1. The van der Waals surface area contributed by atoms with Crippen LogP contribution in [0.2, 0.25) is 0 Å². The number of rotatable bonds is 2. The molecule has 7 heteroatoms. The number of likely N-dealkylation sites (tertiary alicyclic amines) is 1.